The summed E-state index contributed by atoms with van der Waals surface area (Å²) < 4.78 is 5.59. The highest BCUT2D eigenvalue weighted by Gasteiger charge is 2.10. The van der Waals surface area contributed by atoms with Crippen LogP contribution in [0.4, 0.5) is 5.69 Å². The van der Waals surface area contributed by atoms with Crippen molar-refractivity contribution in [3.63, 3.8) is 0 Å². The molecule has 0 saturated carbocycles. The van der Waals surface area contributed by atoms with Gasteiger partial charge in [-0.15, -0.1) is 0 Å². The Morgan fingerprint density at radius 1 is 1.50 bits per heavy atom. The van der Waals surface area contributed by atoms with Gasteiger partial charge in [0.1, 0.15) is 5.75 Å². The van der Waals surface area contributed by atoms with Gasteiger partial charge in [0.15, 0.2) is 0 Å². The fraction of sp³-hybridized carbons (Fsp3) is 0.500. The molecule has 5 nitrogen and oxygen atoms in total. The average Bonchev–Trinajstić information content (AvgIpc) is 2.38. The summed E-state index contributed by atoms with van der Waals surface area (Å²) in [5.41, 5.74) is 6.28. The van der Waals surface area contributed by atoms with Crippen molar-refractivity contribution in [1.29, 1.82) is 0 Å². The predicted octanol–water partition coefficient (Wildman–Crippen LogP) is 2.58. The molecule has 1 rings (SSSR count). The fourth-order valence-corrected chi connectivity index (χ4v) is 2.08. The van der Waals surface area contributed by atoms with E-state index < -0.39 is 4.92 Å². The maximum absolute atomic E-state index is 10.6. The minimum Gasteiger partial charge on any atom is -0.493 e. The molecule has 0 fully saturated rings. The van der Waals surface area contributed by atoms with Gasteiger partial charge in [-0.05, 0) is 24.0 Å². The first-order chi connectivity index (χ1) is 8.69. The van der Waals surface area contributed by atoms with E-state index in [-0.39, 0.29) is 12.2 Å². The zero-order valence-corrected chi connectivity index (χ0v) is 11.2. The van der Waals surface area contributed by atoms with Crippen LogP contribution in [-0.4, -0.2) is 23.0 Å². The molecule has 0 bridgehead atoms. The lowest BCUT2D eigenvalue weighted by Crippen LogP contribution is -2.05. The summed E-state index contributed by atoms with van der Waals surface area (Å²) in [7, 11) is 0. The third-order valence-electron chi connectivity index (χ3n) is 2.37. The number of nitrogens with two attached hydrogens (primary N) is 1. The van der Waals surface area contributed by atoms with Crippen molar-refractivity contribution in [3.05, 3.63) is 33.9 Å². The van der Waals surface area contributed by atoms with Crippen LogP contribution in [0.25, 0.3) is 0 Å². The number of hydrogen-bond donors (Lipinski definition) is 1. The van der Waals surface area contributed by atoms with Crippen molar-refractivity contribution >= 4 is 17.4 Å². The van der Waals surface area contributed by atoms with E-state index in [4.69, 9.17) is 10.5 Å². The van der Waals surface area contributed by atoms with Gasteiger partial charge in [0, 0.05) is 24.2 Å². The van der Waals surface area contributed by atoms with Crippen LogP contribution in [-0.2, 0) is 6.54 Å². The fourth-order valence-electron chi connectivity index (χ4n) is 1.47. The Hall–Kier alpha value is -1.27. The second-order valence-electron chi connectivity index (χ2n) is 3.65. The molecule has 0 heterocycles. The number of nitro groups is 1. The second-order valence-corrected chi connectivity index (χ2v) is 5.05. The Balaban J connectivity index is 2.57. The molecule has 0 unspecified atom stereocenters. The van der Waals surface area contributed by atoms with Gasteiger partial charge in [0.25, 0.3) is 5.69 Å². The highest BCUT2D eigenvalue weighted by Crippen LogP contribution is 2.24. The van der Waals surface area contributed by atoms with Gasteiger partial charge in [0.2, 0.25) is 0 Å². The van der Waals surface area contributed by atoms with Crippen LogP contribution < -0.4 is 10.5 Å². The van der Waals surface area contributed by atoms with Crippen molar-refractivity contribution in [2.45, 2.75) is 19.9 Å². The van der Waals surface area contributed by atoms with Gasteiger partial charge >= 0.3 is 0 Å². The van der Waals surface area contributed by atoms with Crippen LogP contribution in [0.5, 0.6) is 5.75 Å². The third-order valence-corrected chi connectivity index (χ3v) is 3.36. The van der Waals surface area contributed by atoms with Crippen LogP contribution >= 0.6 is 11.8 Å². The number of ether oxygens (including phenoxy) is 1. The van der Waals surface area contributed by atoms with E-state index in [1.54, 1.807) is 6.07 Å². The highest BCUT2D eigenvalue weighted by molar-refractivity contribution is 7.99. The summed E-state index contributed by atoms with van der Waals surface area (Å²) in [5.74, 6) is 2.80. The summed E-state index contributed by atoms with van der Waals surface area (Å²) >= 11 is 1.87. The topological polar surface area (TPSA) is 78.4 Å². The molecule has 100 valence electrons. The summed E-state index contributed by atoms with van der Waals surface area (Å²) in [6, 6.07) is 4.53. The maximum atomic E-state index is 10.6. The molecule has 2 N–H and O–H groups in total. The summed E-state index contributed by atoms with van der Waals surface area (Å²) in [5, 5.41) is 10.6. The Morgan fingerprint density at radius 2 is 2.28 bits per heavy atom. The van der Waals surface area contributed by atoms with E-state index in [1.807, 2.05) is 11.8 Å². The lowest BCUT2D eigenvalue weighted by atomic mass is 10.2. The third kappa shape index (κ3) is 4.54. The predicted molar refractivity (Wildman–Crippen MR) is 74.1 cm³/mol. The molecule has 1 aromatic rings. The first-order valence-electron chi connectivity index (χ1n) is 5.87. The highest BCUT2D eigenvalue weighted by atomic mass is 32.2. The Bertz CT molecular complexity index is 399. The Labute approximate surface area is 111 Å². The zero-order valence-electron chi connectivity index (χ0n) is 10.4. The number of rotatable bonds is 8. The van der Waals surface area contributed by atoms with Gasteiger partial charge < -0.3 is 10.5 Å². The number of hydrogen-bond acceptors (Lipinski definition) is 5. The number of nitrogens with zero attached hydrogens (tertiary/aromatic N) is 1. The van der Waals surface area contributed by atoms with Crippen molar-refractivity contribution in [3.8, 4) is 5.75 Å². The van der Waals surface area contributed by atoms with Gasteiger partial charge in [-0.2, -0.15) is 11.8 Å². The lowest BCUT2D eigenvalue weighted by Gasteiger charge is -2.09. The molecule has 18 heavy (non-hydrogen) atoms. The van der Waals surface area contributed by atoms with Crippen LogP contribution in [0.2, 0.25) is 0 Å². The maximum Gasteiger partial charge on any atom is 0.270 e. The summed E-state index contributed by atoms with van der Waals surface area (Å²) in [4.78, 5) is 10.2. The molecule has 1 aromatic carbocycles. The molecule has 6 heteroatoms. The van der Waals surface area contributed by atoms with Crippen LogP contribution in [0.1, 0.15) is 18.9 Å². The molecule has 0 amide bonds. The standard InChI is InChI=1S/C12H18N2O3S/c1-2-18-7-3-6-17-12-5-4-11(14(15)16)8-10(12)9-13/h4-5,8H,2-3,6-7,9,13H2,1H3. The molecular formula is C12H18N2O3S. The minimum atomic E-state index is -0.430. The molecular weight excluding hydrogens is 252 g/mol. The molecule has 0 atom stereocenters. The Kier molecular flexibility index (Phi) is 6.53. The zero-order chi connectivity index (χ0) is 13.4. The van der Waals surface area contributed by atoms with Crippen molar-refractivity contribution < 1.29 is 9.66 Å². The van der Waals surface area contributed by atoms with Gasteiger partial charge in [-0.1, -0.05) is 6.92 Å². The SMILES string of the molecule is CCSCCCOc1ccc([N+](=O)[O-])cc1CN. The number of nitro benzene ring substituents is 1. The smallest absolute Gasteiger partial charge is 0.270 e. The molecule has 0 saturated heterocycles. The largest absolute Gasteiger partial charge is 0.493 e. The van der Waals surface area contributed by atoms with Crippen LogP contribution in [0.3, 0.4) is 0 Å². The van der Waals surface area contributed by atoms with E-state index >= 15 is 0 Å². The van der Waals surface area contributed by atoms with Gasteiger partial charge in [-0.25, -0.2) is 0 Å². The molecule has 0 aromatic heterocycles. The number of benzene rings is 1. The lowest BCUT2D eigenvalue weighted by molar-refractivity contribution is -0.384. The minimum absolute atomic E-state index is 0.0457. The summed E-state index contributed by atoms with van der Waals surface area (Å²) in [6.07, 6.45) is 0.958. The molecule has 0 spiro atoms. The second kappa shape index (κ2) is 7.94. The molecule has 0 aliphatic carbocycles. The molecule has 0 aliphatic rings. The Morgan fingerprint density at radius 3 is 2.89 bits per heavy atom. The number of non-ortho nitro benzene ring substituents is 1. The van der Waals surface area contributed by atoms with Gasteiger partial charge in [-0.3, -0.25) is 10.1 Å². The van der Waals surface area contributed by atoms with Crippen molar-refractivity contribution in [1.82, 2.24) is 0 Å². The first-order valence-corrected chi connectivity index (χ1v) is 7.02. The van der Waals surface area contributed by atoms with Gasteiger partial charge in [0.05, 0.1) is 11.5 Å². The van der Waals surface area contributed by atoms with E-state index in [2.05, 4.69) is 6.92 Å². The van der Waals surface area contributed by atoms with Crippen LogP contribution in [0, 0.1) is 10.1 Å². The molecule has 0 aliphatic heterocycles. The van der Waals surface area contributed by atoms with E-state index in [1.165, 1.54) is 12.1 Å². The van der Waals surface area contributed by atoms with Crippen molar-refractivity contribution in [2.75, 3.05) is 18.1 Å². The number of thioether (sulfide) groups is 1. The van der Waals surface area contributed by atoms with E-state index in [0.29, 0.717) is 17.9 Å². The monoisotopic (exact) mass is 270 g/mol. The van der Waals surface area contributed by atoms with Crippen LogP contribution in [0.15, 0.2) is 18.2 Å². The quantitative estimate of drug-likeness (QED) is 0.446. The average molecular weight is 270 g/mol. The summed E-state index contributed by atoms with van der Waals surface area (Å²) in [6.45, 7) is 2.97. The normalized spacial score (nSPS) is 10.3. The molecule has 0 radical (unpaired) electrons. The van der Waals surface area contributed by atoms with Crippen molar-refractivity contribution in [2.24, 2.45) is 5.73 Å². The first kappa shape index (κ1) is 14.8. The van der Waals surface area contributed by atoms with E-state index in [9.17, 15) is 10.1 Å². The van der Waals surface area contributed by atoms with E-state index in [0.717, 1.165) is 17.9 Å².